The Morgan fingerprint density at radius 3 is 2.62 bits per heavy atom. The molecule has 21 heavy (non-hydrogen) atoms. The van der Waals surface area contributed by atoms with Gasteiger partial charge in [-0.1, -0.05) is 12.1 Å². The summed E-state index contributed by atoms with van der Waals surface area (Å²) in [6.07, 6.45) is -3.35. The Morgan fingerprint density at radius 1 is 1.19 bits per heavy atom. The normalized spacial score (nSPS) is 11.0. The van der Waals surface area contributed by atoms with Crippen molar-refractivity contribution in [1.82, 2.24) is 4.98 Å². The molecule has 0 aliphatic rings. The predicted octanol–water partition coefficient (Wildman–Crippen LogP) is 3.43. The Hall–Kier alpha value is -2.57. The van der Waals surface area contributed by atoms with Crippen molar-refractivity contribution >= 4 is 5.97 Å². The van der Waals surface area contributed by atoms with Crippen LogP contribution in [0.25, 0.3) is 11.3 Å². The van der Waals surface area contributed by atoms with E-state index in [1.807, 2.05) is 0 Å². The van der Waals surface area contributed by atoms with E-state index in [1.165, 1.54) is 37.6 Å². The van der Waals surface area contributed by atoms with E-state index in [-0.39, 0.29) is 17.0 Å². The highest BCUT2D eigenvalue weighted by atomic mass is 19.4. The third kappa shape index (κ3) is 3.71. The van der Waals surface area contributed by atoms with Crippen LogP contribution in [0.1, 0.15) is 10.4 Å². The largest absolute Gasteiger partial charge is 0.573 e. The molecular weight excluding hydrogens is 287 g/mol. The number of benzene rings is 1. The maximum absolute atomic E-state index is 12.2. The van der Waals surface area contributed by atoms with Gasteiger partial charge in [-0.2, -0.15) is 0 Å². The molecule has 0 unspecified atom stereocenters. The number of aromatic nitrogens is 1. The van der Waals surface area contributed by atoms with Gasteiger partial charge in [0.15, 0.2) is 0 Å². The lowest BCUT2D eigenvalue weighted by Gasteiger charge is -2.11. The topological polar surface area (TPSA) is 48.4 Å². The summed E-state index contributed by atoms with van der Waals surface area (Å²) in [6, 6.07) is 8.24. The van der Waals surface area contributed by atoms with Crippen molar-refractivity contribution < 1.29 is 27.4 Å². The molecule has 0 aliphatic carbocycles. The Bertz CT molecular complexity index is 656. The second-order valence-electron chi connectivity index (χ2n) is 3.97. The van der Waals surface area contributed by atoms with Crippen molar-refractivity contribution in [2.24, 2.45) is 0 Å². The number of carbonyl (C=O) groups is 1. The molecule has 1 heterocycles. The third-order valence-electron chi connectivity index (χ3n) is 2.55. The van der Waals surface area contributed by atoms with E-state index in [0.717, 1.165) is 12.1 Å². The molecule has 0 radical (unpaired) electrons. The first kappa shape index (κ1) is 14.8. The molecule has 0 atom stereocenters. The molecule has 0 amide bonds. The van der Waals surface area contributed by atoms with Gasteiger partial charge in [-0.05, 0) is 24.3 Å². The van der Waals surface area contributed by atoms with E-state index in [4.69, 9.17) is 0 Å². The van der Waals surface area contributed by atoms with Gasteiger partial charge in [-0.15, -0.1) is 13.2 Å². The minimum absolute atomic E-state index is 0.157. The highest BCUT2D eigenvalue weighted by molar-refractivity contribution is 5.96. The van der Waals surface area contributed by atoms with E-state index < -0.39 is 12.3 Å². The van der Waals surface area contributed by atoms with Crippen LogP contribution in [0.3, 0.4) is 0 Å². The van der Waals surface area contributed by atoms with Crippen LogP contribution in [0.2, 0.25) is 0 Å². The van der Waals surface area contributed by atoms with Crippen molar-refractivity contribution in [3.8, 4) is 17.0 Å². The minimum Gasteiger partial charge on any atom is -0.465 e. The monoisotopic (exact) mass is 297 g/mol. The molecule has 2 aromatic rings. The maximum atomic E-state index is 12.2. The quantitative estimate of drug-likeness (QED) is 0.814. The second kappa shape index (κ2) is 5.82. The summed E-state index contributed by atoms with van der Waals surface area (Å²) in [5.41, 5.74) is 0.693. The molecule has 0 N–H and O–H groups in total. The Balaban J connectivity index is 2.43. The molecule has 1 aromatic heterocycles. The Kier molecular flexibility index (Phi) is 4.11. The molecule has 0 saturated heterocycles. The molecule has 0 spiro atoms. The molecular formula is C14H10F3NO3. The number of pyridine rings is 1. The first-order chi connectivity index (χ1) is 9.90. The highest BCUT2D eigenvalue weighted by Crippen LogP contribution is 2.28. The van der Waals surface area contributed by atoms with Crippen molar-refractivity contribution in [3.05, 3.63) is 48.2 Å². The summed E-state index contributed by atoms with van der Waals surface area (Å²) in [6.45, 7) is 0. The number of nitrogens with zero attached hydrogens (tertiary/aromatic N) is 1. The van der Waals surface area contributed by atoms with Gasteiger partial charge in [0.25, 0.3) is 0 Å². The standard InChI is InChI=1S/C14H10F3NO3/c1-20-13(19)11-6-3-7-18-12(11)9-4-2-5-10(8-9)21-14(15,16)17/h2-8H,1H3. The van der Waals surface area contributed by atoms with Crippen LogP contribution in [-0.2, 0) is 4.74 Å². The lowest BCUT2D eigenvalue weighted by atomic mass is 10.1. The van der Waals surface area contributed by atoms with Crippen LogP contribution in [0, 0.1) is 0 Å². The zero-order valence-electron chi connectivity index (χ0n) is 10.8. The number of alkyl halides is 3. The van der Waals surface area contributed by atoms with Crippen molar-refractivity contribution in [2.75, 3.05) is 7.11 Å². The molecule has 0 saturated carbocycles. The lowest BCUT2D eigenvalue weighted by Crippen LogP contribution is -2.17. The number of rotatable bonds is 3. The number of hydrogen-bond donors (Lipinski definition) is 0. The highest BCUT2D eigenvalue weighted by Gasteiger charge is 2.31. The minimum atomic E-state index is -4.78. The fourth-order valence-electron chi connectivity index (χ4n) is 1.75. The number of hydrogen-bond acceptors (Lipinski definition) is 4. The lowest BCUT2D eigenvalue weighted by molar-refractivity contribution is -0.274. The van der Waals surface area contributed by atoms with Crippen LogP contribution in [0.15, 0.2) is 42.6 Å². The van der Waals surface area contributed by atoms with E-state index in [9.17, 15) is 18.0 Å². The third-order valence-corrected chi connectivity index (χ3v) is 2.55. The first-order valence-electron chi connectivity index (χ1n) is 5.80. The number of halogens is 3. The zero-order valence-corrected chi connectivity index (χ0v) is 10.8. The summed E-state index contributed by atoms with van der Waals surface area (Å²) in [7, 11) is 1.21. The van der Waals surface area contributed by atoms with Gasteiger partial charge in [-0.3, -0.25) is 4.98 Å². The summed E-state index contributed by atoms with van der Waals surface area (Å²) in [4.78, 5) is 15.7. The van der Waals surface area contributed by atoms with Gasteiger partial charge in [0.1, 0.15) is 5.75 Å². The van der Waals surface area contributed by atoms with Crippen molar-refractivity contribution in [3.63, 3.8) is 0 Å². The number of esters is 1. The van der Waals surface area contributed by atoms with Crippen molar-refractivity contribution in [1.29, 1.82) is 0 Å². The van der Waals surface area contributed by atoms with Gasteiger partial charge in [-0.25, -0.2) is 4.79 Å². The summed E-state index contributed by atoms with van der Waals surface area (Å²) < 4.78 is 45.1. The molecule has 2 rings (SSSR count). The first-order valence-corrected chi connectivity index (χ1v) is 5.80. The Labute approximate surface area is 118 Å². The number of ether oxygens (including phenoxy) is 2. The fourth-order valence-corrected chi connectivity index (χ4v) is 1.75. The van der Waals surface area contributed by atoms with Crippen LogP contribution in [-0.4, -0.2) is 24.4 Å². The zero-order chi connectivity index (χ0) is 15.5. The average molecular weight is 297 g/mol. The second-order valence-corrected chi connectivity index (χ2v) is 3.97. The van der Waals surface area contributed by atoms with E-state index in [0.29, 0.717) is 5.56 Å². The van der Waals surface area contributed by atoms with Crippen LogP contribution in [0.5, 0.6) is 5.75 Å². The molecule has 0 bridgehead atoms. The molecule has 1 aromatic carbocycles. The smallest absolute Gasteiger partial charge is 0.465 e. The maximum Gasteiger partial charge on any atom is 0.573 e. The molecule has 110 valence electrons. The predicted molar refractivity (Wildman–Crippen MR) is 67.7 cm³/mol. The molecule has 0 fully saturated rings. The van der Waals surface area contributed by atoms with E-state index >= 15 is 0 Å². The molecule has 4 nitrogen and oxygen atoms in total. The fraction of sp³-hybridized carbons (Fsp3) is 0.143. The number of carbonyl (C=O) groups excluding carboxylic acids is 1. The van der Waals surface area contributed by atoms with Gasteiger partial charge >= 0.3 is 12.3 Å². The van der Waals surface area contributed by atoms with Crippen LogP contribution in [0.4, 0.5) is 13.2 Å². The number of methoxy groups -OCH3 is 1. The average Bonchev–Trinajstić information content (AvgIpc) is 2.45. The van der Waals surface area contributed by atoms with Crippen LogP contribution < -0.4 is 4.74 Å². The summed E-state index contributed by atoms with van der Waals surface area (Å²) >= 11 is 0. The van der Waals surface area contributed by atoms with Gasteiger partial charge in [0.05, 0.1) is 18.4 Å². The van der Waals surface area contributed by atoms with Gasteiger partial charge < -0.3 is 9.47 Å². The van der Waals surface area contributed by atoms with Gasteiger partial charge in [0, 0.05) is 11.8 Å². The van der Waals surface area contributed by atoms with E-state index in [1.54, 1.807) is 0 Å². The van der Waals surface area contributed by atoms with Crippen molar-refractivity contribution in [2.45, 2.75) is 6.36 Å². The summed E-state index contributed by atoms with van der Waals surface area (Å²) in [5.74, 6) is -1.01. The Morgan fingerprint density at radius 2 is 1.95 bits per heavy atom. The molecule has 7 heteroatoms. The summed E-state index contributed by atoms with van der Waals surface area (Å²) in [5, 5.41) is 0. The van der Waals surface area contributed by atoms with Crippen LogP contribution >= 0.6 is 0 Å². The van der Waals surface area contributed by atoms with Gasteiger partial charge in [0.2, 0.25) is 0 Å². The van der Waals surface area contributed by atoms with E-state index in [2.05, 4.69) is 14.5 Å². The molecule has 0 aliphatic heterocycles. The SMILES string of the molecule is COC(=O)c1cccnc1-c1cccc(OC(F)(F)F)c1.